The van der Waals surface area contributed by atoms with Crippen LogP contribution in [0.5, 0.6) is 0 Å². The molecule has 0 bridgehead atoms. The molecule has 19 heavy (non-hydrogen) atoms. The van der Waals surface area contributed by atoms with Crippen molar-refractivity contribution >= 4 is 41.4 Å². The molecule has 96 valence electrons. The van der Waals surface area contributed by atoms with Crippen molar-refractivity contribution in [1.82, 2.24) is 0 Å². The molecule has 2 aromatic rings. The van der Waals surface area contributed by atoms with Crippen LogP contribution in [0.3, 0.4) is 0 Å². The van der Waals surface area contributed by atoms with Crippen LogP contribution in [0, 0.1) is 5.92 Å². The Bertz CT molecular complexity index is 572. The molecular weight excluding hydrogens is 363 g/mol. The summed E-state index contributed by atoms with van der Waals surface area (Å²) < 4.78 is 2.67. The minimum absolute atomic E-state index is 0.626. The third kappa shape index (κ3) is 3.82. The second-order valence-electron chi connectivity index (χ2n) is 4.80. The van der Waals surface area contributed by atoms with Crippen LogP contribution in [-0.4, -0.2) is 15.0 Å². The standard InChI is InChI=1S/C17H15BrSe/c18-16-8-6-13(7-9-16)10-14-11-15(14)12-19-17-4-2-1-3-5-17/h1-10,15H,11-12H2/b14-10+. The van der Waals surface area contributed by atoms with Crippen LogP contribution in [0.25, 0.3) is 6.08 Å². The molecule has 1 unspecified atom stereocenters. The number of allylic oxidation sites excluding steroid dienone is 1. The molecule has 0 aliphatic heterocycles. The third-order valence-corrected chi connectivity index (χ3v) is 6.26. The van der Waals surface area contributed by atoms with Crippen LogP contribution in [0.15, 0.2) is 64.6 Å². The zero-order chi connectivity index (χ0) is 13.1. The monoisotopic (exact) mass is 378 g/mol. The average molecular weight is 378 g/mol. The first-order valence-electron chi connectivity index (χ1n) is 6.45. The maximum absolute atomic E-state index is 3.47. The number of hydrogen-bond donors (Lipinski definition) is 0. The Hall–Kier alpha value is -0.821. The molecule has 1 saturated carbocycles. The van der Waals surface area contributed by atoms with Crippen molar-refractivity contribution in [3.63, 3.8) is 0 Å². The maximum atomic E-state index is 3.47. The fraction of sp³-hybridized carbons (Fsp3) is 0.176. The normalized spacial score (nSPS) is 19.6. The summed E-state index contributed by atoms with van der Waals surface area (Å²) in [6.45, 7) is 0. The van der Waals surface area contributed by atoms with E-state index in [1.54, 1.807) is 5.57 Å². The molecule has 0 radical (unpaired) electrons. The predicted molar refractivity (Wildman–Crippen MR) is 86.9 cm³/mol. The molecule has 2 heteroatoms. The van der Waals surface area contributed by atoms with E-state index < -0.39 is 0 Å². The quantitative estimate of drug-likeness (QED) is 0.696. The van der Waals surface area contributed by atoms with Crippen molar-refractivity contribution in [2.75, 3.05) is 0 Å². The van der Waals surface area contributed by atoms with Crippen LogP contribution in [0.4, 0.5) is 0 Å². The van der Waals surface area contributed by atoms with E-state index in [0.29, 0.717) is 15.0 Å². The summed E-state index contributed by atoms with van der Waals surface area (Å²) in [5, 5.41) is 1.35. The Morgan fingerprint density at radius 3 is 2.53 bits per heavy atom. The van der Waals surface area contributed by atoms with Gasteiger partial charge in [0.15, 0.2) is 0 Å². The Balaban J connectivity index is 1.55. The van der Waals surface area contributed by atoms with E-state index in [-0.39, 0.29) is 0 Å². The van der Waals surface area contributed by atoms with Crippen molar-refractivity contribution in [2.45, 2.75) is 11.7 Å². The van der Waals surface area contributed by atoms with Crippen molar-refractivity contribution in [2.24, 2.45) is 5.92 Å². The first kappa shape index (κ1) is 13.2. The van der Waals surface area contributed by atoms with Crippen LogP contribution < -0.4 is 4.46 Å². The Morgan fingerprint density at radius 2 is 1.79 bits per heavy atom. The first-order valence-corrected chi connectivity index (χ1v) is 9.31. The van der Waals surface area contributed by atoms with Crippen molar-refractivity contribution < 1.29 is 0 Å². The van der Waals surface area contributed by atoms with Gasteiger partial charge in [-0.25, -0.2) is 0 Å². The second-order valence-corrected chi connectivity index (χ2v) is 8.01. The average Bonchev–Trinajstić information content (AvgIpc) is 3.19. The van der Waals surface area contributed by atoms with Gasteiger partial charge in [0.25, 0.3) is 0 Å². The summed E-state index contributed by atoms with van der Waals surface area (Å²) in [4.78, 5) is 0. The minimum atomic E-state index is 0.626. The van der Waals surface area contributed by atoms with Gasteiger partial charge in [-0.05, 0) is 0 Å². The van der Waals surface area contributed by atoms with E-state index in [1.165, 1.54) is 21.8 Å². The predicted octanol–water partition coefficient (Wildman–Crippen LogP) is 4.30. The summed E-state index contributed by atoms with van der Waals surface area (Å²) >= 11 is 4.10. The molecule has 1 aliphatic rings. The molecule has 0 saturated heterocycles. The van der Waals surface area contributed by atoms with Gasteiger partial charge in [-0.2, -0.15) is 0 Å². The van der Waals surface area contributed by atoms with Gasteiger partial charge in [-0.3, -0.25) is 0 Å². The van der Waals surface area contributed by atoms with E-state index in [9.17, 15) is 0 Å². The molecule has 3 rings (SSSR count). The van der Waals surface area contributed by atoms with Gasteiger partial charge in [0, 0.05) is 0 Å². The topological polar surface area (TPSA) is 0 Å². The summed E-state index contributed by atoms with van der Waals surface area (Å²) in [7, 11) is 0. The van der Waals surface area contributed by atoms with Gasteiger partial charge < -0.3 is 0 Å². The van der Waals surface area contributed by atoms with Gasteiger partial charge in [0.05, 0.1) is 0 Å². The summed E-state index contributed by atoms with van der Waals surface area (Å²) in [5.41, 5.74) is 2.95. The van der Waals surface area contributed by atoms with Crippen molar-refractivity contribution in [3.05, 3.63) is 70.2 Å². The Labute approximate surface area is 129 Å². The zero-order valence-corrected chi connectivity index (χ0v) is 13.9. The van der Waals surface area contributed by atoms with Gasteiger partial charge >= 0.3 is 129 Å². The summed E-state index contributed by atoms with van der Waals surface area (Å²) in [6, 6.07) is 19.4. The van der Waals surface area contributed by atoms with E-state index in [4.69, 9.17) is 0 Å². The van der Waals surface area contributed by atoms with E-state index in [0.717, 1.165) is 10.4 Å². The molecule has 1 atom stereocenters. The molecule has 2 aromatic carbocycles. The van der Waals surface area contributed by atoms with Crippen molar-refractivity contribution in [3.8, 4) is 0 Å². The summed E-state index contributed by atoms with van der Waals surface area (Å²) in [5.74, 6) is 0.837. The molecule has 0 aromatic heterocycles. The Morgan fingerprint density at radius 1 is 1.05 bits per heavy atom. The first-order chi connectivity index (χ1) is 9.31. The van der Waals surface area contributed by atoms with Gasteiger partial charge in [0.2, 0.25) is 0 Å². The number of halogens is 1. The number of hydrogen-bond acceptors (Lipinski definition) is 0. The fourth-order valence-corrected chi connectivity index (χ4v) is 4.58. The van der Waals surface area contributed by atoms with Gasteiger partial charge in [0.1, 0.15) is 0 Å². The third-order valence-electron chi connectivity index (χ3n) is 3.26. The molecule has 0 N–H and O–H groups in total. The van der Waals surface area contributed by atoms with Crippen molar-refractivity contribution in [1.29, 1.82) is 0 Å². The van der Waals surface area contributed by atoms with Crippen LogP contribution in [-0.2, 0) is 0 Å². The van der Waals surface area contributed by atoms with E-state index in [1.807, 2.05) is 0 Å². The van der Waals surface area contributed by atoms with Crippen LogP contribution in [0.1, 0.15) is 12.0 Å². The second kappa shape index (κ2) is 6.09. The molecular formula is C17H15BrSe. The van der Waals surface area contributed by atoms with Crippen LogP contribution in [0.2, 0.25) is 5.32 Å². The van der Waals surface area contributed by atoms with Gasteiger partial charge in [-0.1, -0.05) is 0 Å². The summed E-state index contributed by atoms with van der Waals surface area (Å²) in [6.07, 6.45) is 3.66. The number of benzene rings is 2. The fourth-order valence-electron chi connectivity index (χ4n) is 2.05. The SMILES string of the molecule is Brc1ccc(/C=C2\CC2C[Se]c2ccccc2)cc1. The zero-order valence-electron chi connectivity index (χ0n) is 10.6. The van der Waals surface area contributed by atoms with E-state index >= 15 is 0 Å². The Kier molecular flexibility index (Phi) is 4.22. The molecule has 0 spiro atoms. The molecule has 1 fully saturated rings. The molecule has 0 nitrogen and oxygen atoms in total. The van der Waals surface area contributed by atoms with E-state index in [2.05, 4.69) is 76.6 Å². The molecule has 0 amide bonds. The molecule has 0 heterocycles. The van der Waals surface area contributed by atoms with Crippen LogP contribution >= 0.6 is 15.9 Å². The van der Waals surface area contributed by atoms with Gasteiger partial charge in [-0.15, -0.1) is 0 Å². The molecule has 1 aliphatic carbocycles. The number of rotatable bonds is 4.